The molecule has 9 heteroatoms. The second kappa shape index (κ2) is 7.03. The van der Waals surface area contributed by atoms with Gasteiger partial charge in [-0.3, -0.25) is 0 Å². The third kappa shape index (κ3) is 4.47. The highest BCUT2D eigenvalue weighted by molar-refractivity contribution is 5.65. The number of hydrogen-bond acceptors (Lipinski definition) is 4. The van der Waals surface area contributed by atoms with E-state index in [1.807, 2.05) is 0 Å². The van der Waals surface area contributed by atoms with Crippen LogP contribution >= 0.6 is 0 Å². The Labute approximate surface area is 131 Å². The van der Waals surface area contributed by atoms with Gasteiger partial charge in [-0.15, -0.1) is 0 Å². The molecule has 0 unspecified atom stereocenters. The molecule has 23 heavy (non-hydrogen) atoms. The Bertz CT molecular complexity index is 557. The molecule has 1 aliphatic rings. The number of alkyl halides is 3. The third-order valence-electron chi connectivity index (χ3n) is 3.93. The number of piperidine rings is 1. The summed E-state index contributed by atoms with van der Waals surface area (Å²) in [5, 5.41) is 11.8. The van der Waals surface area contributed by atoms with E-state index in [1.165, 1.54) is 11.0 Å². The first-order chi connectivity index (χ1) is 10.8. The maximum Gasteiger partial charge on any atom is 0.433 e. The number of nitrogens with two attached hydrogens (primary N) is 1. The zero-order valence-corrected chi connectivity index (χ0v) is 12.4. The van der Waals surface area contributed by atoms with Crippen LogP contribution in [0.4, 0.5) is 23.8 Å². The van der Waals surface area contributed by atoms with Crippen LogP contribution in [0.25, 0.3) is 0 Å². The lowest BCUT2D eigenvalue weighted by Crippen LogP contribution is -2.39. The average molecular weight is 332 g/mol. The lowest BCUT2D eigenvalue weighted by atomic mass is 9.97. The number of aromatic nitrogens is 1. The molecule has 0 spiro atoms. The summed E-state index contributed by atoms with van der Waals surface area (Å²) in [5.41, 5.74) is 5.09. The van der Waals surface area contributed by atoms with E-state index in [4.69, 9.17) is 10.8 Å². The fraction of sp³-hybridized carbons (Fsp3) is 0.571. The molecule has 1 amide bonds. The summed E-state index contributed by atoms with van der Waals surface area (Å²) in [7, 11) is 0. The molecule has 0 aliphatic carbocycles. The van der Waals surface area contributed by atoms with Gasteiger partial charge >= 0.3 is 12.3 Å². The van der Waals surface area contributed by atoms with Gasteiger partial charge in [-0.25, -0.2) is 9.78 Å². The van der Waals surface area contributed by atoms with Crippen LogP contribution in [0.3, 0.4) is 0 Å². The molecule has 1 aromatic heterocycles. The van der Waals surface area contributed by atoms with E-state index in [0.29, 0.717) is 38.0 Å². The van der Waals surface area contributed by atoms with Crippen LogP contribution in [-0.4, -0.2) is 40.7 Å². The van der Waals surface area contributed by atoms with Crippen molar-refractivity contribution >= 4 is 11.9 Å². The predicted octanol–water partition coefficient (Wildman–Crippen LogP) is 2.36. The molecule has 4 N–H and O–H groups in total. The summed E-state index contributed by atoms with van der Waals surface area (Å²) in [6.07, 6.45) is -4.12. The second-order valence-corrected chi connectivity index (χ2v) is 5.50. The van der Waals surface area contributed by atoms with Crippen LogP contribution in [0, 0.1) is 5.92 Å². The maximum atomic E-state index is 12.7. The van der Waals surface area contributed by atoms with Gasteiger partial charge in [0.2, 0.25) is 0 Å². The number of nitrogens with zero attached hydrogens (tertiary/aromatic N) is 2. The molecule has 128 valence electrons. The quantitative estimate of drug-likeness (QED) is 0.787. The Balaban J connectivity index is 1.98. The van der Waals surface area contributed by atoms with Crippen molar-refractivity contribution in [1.29, 1.82) is 0 Å². The number of amides is 1. The van der Waals surface area contributed by atoms with Crippen LogP contribution < -0.4 is 11.1 Å². The lowest BCUT2D eigenvalue weighted by molar-refractivity contribution is -0.141. The van der Waals surface area contributed by atoms with Crippen LogP contribution in [-0.2, 0) is 12.7 Å². The van der Waals surface area contributed by atoms with Gasteiger partial charge < -0.3 is 21.1 Å². The number of halogens is 3. The average Bonchev–Trinajstić information content (AvgIpc) is 2.52. The van der Waals surface area contributed by atoms with Gasteiger partial charge in [0.1, 0.15) is 11.5 Å². The van der Waals surface area contributed by atoms with Crippen molar-refractivity contribution < 1.29 is 23.1 Å². The molecule has 1 saturated heterocycles. The Hall–Kier alpha value is -2.03. The van der Waals surface area contributed by atoms with Crippen molar-refractivity contribution in [3.05, 3.63) is 23.4 Å². The van der Waals surface area contributed by atoms with E-state index >= 15 is 0 Å². The zero-order chi connectivity index (χ0) is 17.0. The van der Waals surface area contributed by atoms with Crippen molar-refractivity contribution in [2.75, 3.05) is 25.0 Å². The number of hydrogen-bond donors (Lipinski definition) is 3. The fourth-order valence-corrected chi connectivity index (χ4v) is 2.53. The summed E-state index contributed by atoms with van der Waals surface area (Å²) in [6.45, 7) is 1.39. The highest BCUT2D eigenvalue weighted by atomic mass is 19.4. The summed E-state index contributed by atoms with van der Waals surface area (Å²) >= 11 is 0. The fourth-order valence-electron chi connectivity index (χ4n) is 2.53. The summed E-state index contributed by atoms with van der Waals surface area (Å²) in [5.74, 6) is 0.329. The molecular weight excluding hydrogens is 313 g/mol. The summed E-state index contributed by atoms with van der Waals surface area (Å²) in [4.78, 5) is 15.8. The molecule has 0 aromatic carbocycles. The van der Waals surface area contributed by atoms with E-state index < -0.39 is 18.0 Å². The summed E-state index contributed by atoms with van der Waals surface area (Å²) in [6, 6.07) is 2.24. The van der Waals surface area contributed by atoms with Gasteiger partial charge in [0.15, 0.2) is 0 Å². The number of nitrogens with one attached hydrogen (secondary N) is 1. The molecule has 2 rings (SSSR count). The second-order valence-electron chi connectivity index (χ2n) is 5.50. The molecule has 1 aromatic rings. The van der Waals surface area contributed by atoms with Crippen molar-refractivity contribution in [3.63, 3.8) is 0 Å². The smallest absolute Gasteiger partial charge is 0.433 e. The van der Waals surface area contributed by atoms with Crippen LogP contribution in [0.1, 0.15) is 24.1 Å². The first kappa shape index (κ1) is 17.3. The van der Waals surface area contributed by atoms with Gasteiger partial charge in [0, 0.05) is 31.7 Å². The molecule has 0 radical (unpaired) electrons. The topological polar surface area (TPSA) is 91.5 Å². The van der Waals surface area contributed by atoms with Crippen molar-refractivity contribution in [2.45, 2.75) is 25.6 Å². The van der Waals surface area contributed by atoms with E-state index in [2.05, 4.69) is 10.3 Å². The van der Waals surface area contributed by atoms with Gasteiger partial charge in [-0.1, -0.05) is 6.07 Å². The van der Waals surface area contributed by atoms with Crippen molar-refractivity contribution in [1.82, 2.24) is 9.88 Å². The Morgan fingerprint density at radius 3 is 2.57 bits per heavy atom. The molecule has 6 nitrogen and oxygen atoms in total. The van der Waals surface area contributed by atoms with E-state index in [1.54, 1.807) is 0 Å². The Morgan fingerprint density at radius 1 is 1.39 bits per heavy atom. The number of carboxylic acid groups (broad SMARTS) is 1. The lowest BCUT2D eigenvalue weighted by Gasteiger charge is -2.30. The first-order valence-corrected chi connectivity index (χ1v) is 7.30. The minimum atomic E-state index is -4.50. The van der Waals surface area contributed by atoms with Gasteiger partial charge in [0.25, 0.3) is 0 Å². The van der Waals surface area contributed by atoms with Gasteiger partial charge in [-0.2, -0.15) is 13.2 Å². The third-order valence-corrected chi connectivity index (χ3v) is 3.93. The Morgan fingerprint density at radius 2 is 2.04 bits per heavy atom. The summed E-state index contributed by atoms with van der Waals surface area (Å²) < 4.78 is 38.2. The monoisotopic (exact) mass is 332 g/mol. The molecule has 1 aliphatic heterocycles. The van der Waals surface area contributed by atoms with E-state index in [0.717, 1.165) is 6.07 Å². The Kier molecular flexibility index (Phi) is 5.30. The molecule has 0 bridgehead atoms. The normalized spacial score (nSPS) is 16.4. The molecular formula is C14H19F3N4O2. The van der Waals surface area contributed by atoms with Crippen LogP contribution in [0.15, 0.2) is 12.1 Å². The van der Waals surface area contributed by atoms with Crippen molar-refractivity contribution in [3.8, 4) is 0 Å². The minimum absolute atomic E-state index is 0.0882. The number of anilines is 1. The maximum absolute atomic E-state index is 12.7. The first-order valence-electron chi connectivity index (χ1n) is 7.30. The molecule has 0 saturated carbocycles. The molecule has 0 atom stereocenters. The van der Waals surface area contributed by atoms with Gasteiger partial charge in [0.05, 0.1) is 0 Å². The van der Waals surface area contributed by atoms with E-state index in [9.17, 15) is 18.0 Å². The molecule has 1 fully saturated rings. The SMILES string of the molecule is NCc1ccc(C(F)(F)F)nc1NCC1CCN(C(=O)O)CC1. The van der Waals surface area contributed by atoms with E-state index in [-0.39, 0.29) is 18.3 Å². The van der Waals surface area contributed by atoms with Crippen LogP contribution in [0.2, 0.25) is 0 Å². The zero-order valence-electron chi connectivity index (χ0n) is 12.4. The molecule has 2 heterocycles. The number of rotatable bonds is 4. The van der Waals surface area contributed by atoms with Gasteiger partial charge in [-0.05, 0) is 24.8 Å². The van der Waals surface area contributed by atoms with Crippen LogP contribution in [0.5, 0.6) is 0 Å². The predicted molar refractivity (Wildman–Crippen MR) is 77.9 cm³/mol. The minimum Gasteiger partial charge on any atom is -0.465 e. The van der Waals surface area contributed by atoms with Crippen molar-refractivity contribution in [2.24, 2.45) is 11.7 Å². The standard InChI is InChI=1S/C14H19F3N4O2/c15-14(16,17)11-2-1-10(7-18)12(20-11)19-8-9-3-5-21(6-4-9)13(22)23/h1-2,9H,3-8,18H2,(H,19,20)(H,22,23). The highest BCUT2D eigenvalue weighted by Crippen LogP contribution is 2.29. The number of likely N-dealkylation sites (tertiary alicyclic amines) is 1. The number of carbonyl (C=O) groups is 1. The largest absolute Gasteiger partial charge is 0.465 e. The highest BCUT2D eigenvalue weighted by Gasteiger charge is 2.33. The number of pyridine rings is 1.